The van der Waals surface area contributed by atoms with E-state index in [1.54, 1.807) is 6.26 Å². The molecule has 0 aromatic heterocycles. The number of hydrogen-bond donors (Lipinski definition) is 2. The number of unbranched alkanes of at least 4 members (excludes halogenated alkanes) is 3. The van der Waals surface area contributed by atoms with E-state index in [1.807, 2.05) is 27.7 Å². The molecular weight excluding hydrogens is 294 g/mol. The number of nitriles is 1. The molecule has 0 radical (unpaired) electrons. The van der Waals surface area contributed by atoms with Crippen LogP contribution in [0.25, 0.3) is 0 Å². The van der Waals surface area contributed by atoms with Gasteiger partial charge in [0.05, 0.1) is 0 Å². The first-order valence-electron chi connectivity index (χ1n) is 8.48. The summed E-state index contributed by atoms with van der Waals surface area (Å²) in [7, 11) is 0. The van der Waals surface area contributed by atoms with Crippen molar-refractivity contribution in [2.45, 2.75) is 77.3 Å². The van der Waals surface area contributed by atoms with Gasteiger partial charge in [0, 0.05) is 23.5 Å². The summed E-state index contributed by atoms with van der Waals surface area (Å²) in [5.41, 5.74) is -0.797. The molecule has 0 spiro atoms. The lowest BCUT2D eigenvalue weighted by atomic mass is 9.75. The molecule has 1 aliphatic heterocycles. The van der Waals surface area contributed by atoms with Crippen LogP contribution in [0.4, 0.5) is 0 Å². The van der Waals surface area contributed by atoms with E-state index in [0.29, 0.717) is 26.0 Å². The van der Waals surface area contributed by atoms with E-state index in [1.165, 1.54) is 5.06 Å². The minimum Gasteiger partial charge on any atom is -0.428 e. The Morgan fingerprint density at radius 2 is 1.78 bits per heavy atom. The van der Waals surface area contributed by atoms with E-state index in [9.17, 15) is 10.0 Å². The first kappa shape index (κ1) is 19.7. The van der Waals surface area contributed by atoms with Crippen molar-refractivity contribution in [2.75, 3.05) is 13.2 Å². The monoisotopic (exact) mass is 325 g/mol. The number of nitrogens with one attached hydrogen (secondary N) is 1. The molecule has 6 nitrogen and oxygen atoms in total. The van der Waals surface area contributed by atoms with Crippen LogP contribution >= 0.6 is 0 Å². The van der Waals surface area contributed by atoms with Gasteiger partial charge in [-0.3, -0.25) is 4.79 Å². The largest absolute Gasteiger partial charge is 0.428 e. The van der Waals surface area contributed by atoms with Crippen molar-refractivity contribution in [3.8, 4) is 6.26 Å². The van der Waals surface area contributed by atoms with Crippen LogP contribution in [0.2, 0.25) is 0 Å². The maximum absolute atomic E-state index is 12.4. The second-order valence-corrected chi connectivity index (χ2v) is 7.69. The molecule has 1 saturated heterocycles. The van der Waals surface area contributed by atoms with Crippen LogP contribution in [0.1, 0.15) is 66.2 Å². The highest BCUT2D eigenvalue weighted by molar-refractivity contribution is 5.79. The zero-order chi connectivity index (χ0) is 17.5. The average molecular weight is 325 g/mol. The Labute approximate surface area is 139 Å². The molecule has 0 aromatic rings. The van der Waals surface area contributed by atoms with Crippen molar-refractivity contribution in [1.29, 1.82) is 5.26 Å². The average Bonchev–Trinajstić information content (AvgIpc) is 2.46. The van der Waals surface area contributed by atoms with E-state index in [2.05, 4.69) is 10.1 Å². The number of carbonyl (C=O) groups is 1. The maximum atomic E-state index is 12.4. The molecule has 0 aliphatic carbocycles. The number of carbonyl (C=O) groups excluding carboxylic acids is 1. The van der Waals surface area contributed by atoms with Crippen LogP contribution < -0.4 is 5.32 Å². The first-order chi connectivity index (χ1) is 10.7. The number of nitrogens with zero attached hydrogens (tertiary/aromatic N) is 2. The predicted octanol–water partition coefficient (Wildman–Crippen LogP) is 2.82. The van der Waals surface area contributed by atoms with Crippen LogP contribution in [0.15, 0.2) is 0 Å². The van der Waals surface area contributed by atoms with Gasteiger partial charge in [-0.15, -0.1) is 0 Å². The van der Waals surface area contributed by atoms with Gasteiger partial charge in [-0.1, -0.05) is 6.42 Å². The van der Waals surface area contributed by atoms with Gasteiger partial charge in [-0.05, 0) is 59.8 Å². The molecule has 1 rings (SSSR count). The Morgan fingerprint density at radius 3 is 2.35 bits per heavy atom. The van der Waals surface area contributed by atoms with Gasteiger partial charge in [-0.25, -0.2) is 0 Å². The van der Waals surface area contributed by atoms with Gasteiger partial charge < -0.3 is 15.3 Å². The Balaban J connectivity index is 2.29. The zero-order valence-corrected chi connectivity index (χ0v) is 14.9. The third-order valence-corrected chi connectivity index (χ3v) is 4.55. The van der Waals surface area contributed by atoms with Crippen LogP contribution in [-0.4, -0.2) is 40.4 Å². The fourth-order valence-electron chi connectivity index (χ4n) is 3.51. The predicted molar refractivity (Wildman–Crippen MR) is 87.6 cm³/mol. The van der Waals surface area contributed by atoms with E-state index < -0.39 is 11.1 Å². The van der Waals surface area contributed by atoms with E-state index in [-0.39, 0.29) is 11.8 Å². The number of piperidine rings is 1. The van der Waals surface area contributed by atoms with Crippen LogP contribution in [-0.2, 0) is 9.53 Å². The van der Waals surface area contributed by atoms with Gasteiger partial charge in [0.25, 0.3) is 6.26 Å². The number of rotatable bonds is 8. The summed E-state index contributed by atoms with van der Waals surface area (Å²) in [6.07, 6.45) is 6.80. The summed E-state index contributed by atoms with van der Waals surface area (Å²) in [5, 5.41) is 22.9. The van der Waals surface area contributed by atoms with Gasteiger partial charge in [0.1, 0.15) is 6.61 Å². The van der Waals surface area contributed by atoms with E-state index in [0.717, 1.165) is 25.7 Å². The fraction of sp³-hybridized carbons (Fsp3) is 0.882. The normalized spacial score (nSPS) is 20.7. The summed E-state index contributed by atoms with van der Waals surface area (Å²) in [4.78, 5) is 12.4. The fourth-order valence-corrected chi connectivity index (χ4v) is 3.51. The molecule has 0 saturated carbocycles. The minimum atomic E-state index is -0.398. The molecule has 0 bridgehead atoms. The maximum Gasteiger partial charge on any atom is 0.286 e. The zero-order valence-electron chi connectivity index (χ0n) is 14.9. The van der Waals surface area contributed by atoms with Crippen molar-refractivity contribution in [1.82, 2.24) is 10.4 Å². The number of hydroxylamine groups is 2. The molecule has 6 heteroatoms. The SMILES string of the molecule is CC1(C)CC(C(=O)NCCCCCCOC#N)CC(C)(C)N1O. The molecule has 1 amide bonds. The number of amides is 1. The highest BCUT2D eigenvalue weighted by Gasteiger charge is 2.46. The third kappa shape index (κ3) is 6.00. The van der Waals surface area contributed by atoms with Crippen LogP contribution in [0.3, 0.4) is 0 Å². The van der Waals surface area contributed by atoms with E-state index in [4.69, 9.17) is 5.26 Å². The van der Waals surface area contributed by atoms with Crippen molar-refractivity contribution < 1.29 is 14.7 Å². The Kier molecular flexibility index (Phi) is 7.30. The van der Waals surface area contributed by atoms with Crippen molar-refractivity contribution in [3.63, 3.8) is 0 Å². The number of ether oxygens (including phenoxy) is 1. The summed E-state index contributed by atoms with van der Waals surface area (Å²) in [6, 6.07) is 0. The van der Waals surface area contributed by atoms with Gasteiger partial charge in [-0.2, -0.15) is 10.3 Å². The van der Waals surface area contributed by atoms with Crippen molar-refractivity contribution in [2.24, 2.45) is 5.92 Å². The smallest absolute Gasteiger partial charge is 0.286 e. The lowest BCUT2D eigenvalue weighted by Gasteiger charge is -2.51. The molecule has 0 atom stereocenters. The summed E-state index contributed by atoms with van der Waals surface area (Å²) >= 11 is 0. The minimum absolute atomic E-state index is 0.0626. The quantitative estimate of drug-likeness (QED) is 0.529. The number of hydrogen-bond acceptors (Lipinski definition) is 5. The Morgan fingerprint density at radius 1 is 1.22 bits per heavy atom. The topological polar surface area (TPSA) is 85.6 Å². The van der Waals surface area contributed by atoms with Gasteiger partial charge in [0.15, 0.2) is 0 Å². The van der Waals surface area contributed by atoms with Crippen molar-refractivity contribution >= 4 is 5.91 Å². The Bertz CT molecular complexity index is 411. The molecule has 1 heterocycles. The second-order valence-electron chi connectivity index (χ2n) is 7.69. The molecule has 0 unspecified atom stereocenters. The molecule has 1 fully saturated rings. The van der Waals surface area contributed by atoms with Crippen molar-refractivity contribution in [3.05, 3.63) is 0 Å². The summed E-state index contributed by atoms with van der Waals surface area (Å²) < 4.78 is 4.62. The lowest BCUT2D eigenvalue weighted by molar-refractivity contribution is -0.249. The third-order valence-electron chi connectivity index (χ3n) is 4.55. The standard InChI is InChI=1S/C17H31N3O3/c1-16(2)11-14(12-17(3,4)20(16)22)15(21)19-9-7-5-6-8-10-23-13-18/h14,22H,5-12H2,1-4H3,(H,19,21). The molecule has 132 valence electrons. The Hall–Kier alpha value is -1.32. The highest BCUT2D eigenvalue weighted by atomic mass is 16.5. The van der Waals surface area contributed by atoms with Crippen LogP contribution in [0, 0.1) is 17.4 Å². The first-order valence-corrected chi connectivity index (χ1v) is 8.48. The van der Waals surface area contributed by atoms with Gasteiger partial charge >= 0.3 is 0 Å². The lowest BCUT2D eigenvalue weighted by Crippen LogP contribution is -2.60. The molecule has 23 heavy (non-hydrogen) atoms. The molecule has 2 N–H and O–H groups in total. The van der Waals surface area contributed by atoms with Crippen LogP contribution in [0.5, 0.6) is 0 Å². The van der Waals surface area contributed by atoms with Gasteiger partial charge in [0.2, 0.25) is 5.91 Å². The summed E-state index contributed by atoms with van der Waals surface area (Å²) in [5.74, 6) is 0.0273. The summed E-state index contributed by atoms with van der Waals surface area (Å²) in [6.45, 7) is 9.04. The highest BCUT2D eigenvalue weighted by Crippen LogP contribution is 2.39. The molecular formula is C17H31N3O3. The second kappa shape index (κ2) is 8.51. The molecule has 0 aromatic carbocycles. The molecule has 1 aliphatic rings. The van der Waals surface area contributed by atoms with E-state index >= 15 is 0 Å².